The third kappa shape index (κ3) is 3.52. The number of carbonyl (C=O) groups excluding carboxylic acids is 2. The fourth-order valence-corrected chi connectivity index (χ4v) is 4.61. The molecule has 5 rings (SSSR count). The number of ether oxygens (including phenoxy) is 2. The molecule has 33 heavy (non-hydrogen) atoms. The highest BCUT2D eigenvalue weighted by atomic mass is 16.5. The number of hydrogen-bond donors (Lipinski definition) is 1. The maximum atomic E-state index is 13.6. The minimum absolute atomic E-state index is 0.0927. The molecule has 0 fully saturated rings. The third-order valence-electron chi connectivity index (χ3n) is 6.12. The van der Waals surface area contributed by atoms with Gasteiger partial charge in [-0.2, -0.15) is 0 Å². The highest BCUT2D eigenvalue weighted by Crippen LogP contribution is 2.48. The van der Waals surface area contributed by atoms with E-state index in [1.807, 2.05) is 85.8 Å². The molecule has 1 unspecified atom stereocenters. The molecule has 0 spiro atoms. The van der Waals surface area contributed by atoms with E-state index < -0.39 is 11.9 Å². The van der Waals surface area contributed by atoms with Gasteiger partial charge in [0.15, 0.2) is 5.78 Å². The molecule has 1 aliphatic carbocycles. The van der Waals surface area contributed by atoms with Gasteiger partial charge in [0.2, 0.25) is 0 Å². The molecule has 1 N–H and O–H groups in total. The Kier molecular flexibility index (Phi) is 5.31. The van der Waals surface area contributed by atoms with E-state index in [4.69, 9.17) is 9.47 Å². The van der Waals surface area contributed by atoms with Crippen molar-refractivity contribution in [2.24, 2.45) is 0 Å². The second-order valence-corrected chi connectivity index (χ2v) is 8.06. The molecule has 0 saturated carbocycles. The number of Topliss-reactive ketones (excluding diaryl/α,β-unsaturated/α-hetero) is 1. The first kappa shape index (κ1) is 20.8. The van der Waals surface area contributed by atoms with Gasteiger partial charge in [-0.3, -0.25) is 4.79 Å². The van der Waals surface area contributed by atoms with E-state index in [0.29, 0.717) is 34.8 Å². The molecule has 5 nitrogen and oxygen atoms in total. The Labute approximate surface area is 192 Å². The average molecular weight is 437 g/mol. The van der Waals surface area contributed by atoms with E-state index in [1.165, 1.54) is 7.11 Å². The number of para-hydroxylation sites is 1. The van der Waals surface area contributed by atoms with Crippen molar-refractivity contribution in [2.75, 3.05) is 7.11 Å². The lowest BCUT2D eigenvalue weighted by Gasteiger charge is -2.30. The van der Waals surface area contributed by atoms with Crippen molar-refractivity contribution in [2.45, 2.75) is 19.4 Å². The second kappa shape index (κ2) is 8.43. The number of carbonyl (C=O) groups is 2. The smallest absolute Gasteiger partial charge is 0.336 e. The summed E-state index contributed by atoms with van der Waals surface area (Å²) in [7, 11) is 1.35. The Morgan fingerprint density at radius 1 is 0.909 bits per heavy atom. The van der Waals surface area contributed by atoms with Crippen LogP contribution in [0.5, 0.6) is 5.75 Å². The number of esters is 1. The molecule has 5 heteroatoms. The zero-order valence-corrected chi connectivity index (χ0v) is 18.4. The van der Waals surface area contributed by atoms with Crippen molar-refractivity contribution >= 4 is 17.4 Å². The molecule has 1 heterocycles. The van der Waals surface area contributed by atoms with Crippen LogP contribution in [-0.4, -0.2) is 18.9 Å². The van der Waals surface area contributed by atoms with Crippen LogP contribution in [0, 0.1) is 0 Å². The maximum absolute atomic E-state index is 13.6. The molecule has 3 aromatic rings. The van der Waals surface area contributed by atoms with E-state index in [2.05, 4.69) is 5.32 Å². The molecule has 0 aromatic heterocycles. The molecule has 0 amide bonds. The Balaban J connectivity index is 1.64. The van der Waals surface area contributed by atoms with Crippen molar-refractivity contribution < 1.29 is 19.1 Å². The summed E-state index contributed by atoms with van der Waals surface area (Å²) in [6.07, 6.45) is 0. The lowest BCUT2D eigenvalue weighted by atomic mass is 9.79. The molecule has 0 bridgehead atoms. The van der Waals surface area contributed by atoms with Crippen LogP contribution in [-0.2, 0) is 16.1 Å². The molecule has 0 saturated heterocycles. The molecular weight excluding hydrogens is 414 g/mol. The van der Waals surface area contributed by atoms with E-state index in [9.17, 15) is 9.59 Å². The number of ketones is 1. The normalized spacial score (nSPS) is 16.8. The number of nitrogens with one attached hydrogen (secondary N) is 1. The first-order chi connectivity index (χ1) is 16.1. The zero-order chi connectivity index (χ0) is 22.9. The number of dihydropyridines is 1. The second-order valence-electron chi connectivity index (χ2n) is 8.06. The van der Waals surface area contributed by atoms with Crippen LogP contribution in [0.4, 0.5) is 0 Å². The van der Waals surface area contributed by atoms with Gasteiger partial charge in [0.1, 0.15) is 12.4 Å². The Morgan fingerprint density at radius 3 is 2.33 bits per heavy atom. The lowest BCUT2D eigenvalue weighted by molar-refractivity contribution is -0.136. The SMILES string of the molecule is COC(=O)C1=C(C)NC2=C(C(=O)c3ccccc32)C1c1ccccc1OCc1ccccc1. The summed E-state index contributed by atoms with van der Waals surface area (Å²) in [5, 5.41) is 3.30. The summed E-state index contributed by atoms with van der Waals surface area (Å²) < 4.78 is 11.3. The summed E-state index contributed by atoms with van der Waals surface area (Å²) in [5.41, 5.74) is 5.60. The van der Waals surface area contributed by atoms with Gasteiger partial charge in [-0.05, 0) is 18.6 Å². The fourth-order valence-electron chi connectivity index (χ4n) is 4.61. The van der Waals surface area contributed by atoms with Crippen molar-refractivity contribution in [1.29, 1.82) is 0 Å². The maximum Gasteiger partial charge on any atom is 0.336 e. The lowest BCUT2D eigenvalue weighted by Crippen LogP contribution is -2.29. The average Bonchev–Trinajstić information content (AvgIpc) is 3.14. The van der Waals surface area contributed by atoms with Gasteiger partial charge in [0.05, 0.1) is 24.3 Å². The predicted octanol–water partition coefficient (Wildman–Crippen LogP) is 5.01. The zero-order valence-electron chi connectivity index (χ0n) is 18.4. The summed E-state index contributed by atoms with van der Waals surface area (Å²) >= 11 is 0. The highest BCUT2D eigenvalue weighted by molar-refractivity contribution is 6.23. The van der Waals surface area contributed by atoms with Gasteiger partial charge in [0, 0.05) is 28.0 Å². The molecule has 3 aromatic carbocycles. The number of hydrogen-bond acceptors (Lipinski definition) is 5. The number of fused-ring (bicyclic) bond motifs is 2. The Morgan fingerprint density at radius 2 is 1.58 bits per heavy atom. The van der Waals surface area contributed by atoms with Crippen LogP contribution >= 0.6 is 0 Å². The Hall–Kier alpha value is -4.12. The number of benzene rings is 3. The minimum atomic E-state index is -0.611. The van der Waals surface area contributed by atoms with Gasteiger partial charge < -0.3 is 14.8 Å². The predicted molar refractivity (Wildman–Crippen MR) is 126 cm³/mol. The number of rotatable bonds is 5. The van der Waals surface area contributed by atoms with Gasteiger partial charge in [-0.25, -0.2) is 4.79 Å². The number of methoxy groups -OCH3 is 1. The topological polar surface area (TPSA) is 64.6 Å². The van der Waals surface area contributed by atoms with Crippen LogP contribution in [0.1, 0.15) is 39.9 Å². The highest BCUT2D eigenvalue weighted by Gasteiger charge is 2.43. The van der Waals surface area contributed by atoms with E-state index in [1.54, 1.807) is 0 Å². The van der Waals surface area contributed by atoms with Crippen LogP contribution in [0.15, 0.2) is 95.7 Å². The molecular formula is C28H23NO4. The van der Waals surface area contributed by atoms with Crippen molar-refractivity contribution in [1.82, 2.24) is 5.32 Å². The van der Waals surface area contributed by atoms with Crippen LogP contribution in [0.3, 0.4) is 0 Å². The third-order valence-corrected chi connectivity index (χ3v) is 6.12. The van der Waals surface area contributed by atoms with Crippen molar-refractivity contribution in [3.05, 3.63) is 118 Å². The first-order valence-electron chi connectivity index (χ1n) is 10.8. The summed E-state index contributed by atoms with van der Waals surface area (Å²) in [6, 6.07) is 24.9. The minimum Gasteiger partial charge on any atom is -0.489 e. The summed E-state index contributed by atoms with van der Waals surface area (Å²) in [4.78, 5) is 26.5. The van der Waals surface area contributed by atoms with Crippen LogP contribution in [0.2, 0.25) is 0 Å². The molecule has 2 aliphatic rings. The standard InChI is InChI=1S/C28H23NO4/c1-17-23(28(31)32-2)24(25-26(29-17)19-12-6-7-13-20(19)27(25)30)21-14-8-9-15-22(21)33-16-18-10-4-3-5-11-18/h3-15,24,29H,16H2,1-2H3. The van der Waals surface area contributed by atoms with Gasteiger partial charge in [0.25, 0.3) is 0 Å². The van der Waals surface area contributed by atoms with E-state index in [-0.39, 0.29) is 5.78 Å². The van der Waals surface area contributed by atoms with E-state index in [0.717, 1.165) is 22.4 Å². The summed E-state index contributed by atoms with van der Waals surface area (Å²) in [6.45, 7) is 2.21. The number of allylic oxidation sites excluding steroid dienone is 2. The van der Waals surface area contributed by atoms with Crippen molar-refractivity contribution in [3.8, 4) is 5.75 Å². The summed E-state index contributed by atoms with van der Waals surface area (Å²) in [5.74, 6) is -0.554. The fraction of sp³-hybridized carbons (Fsp3) is 0.143. The monoisotopic (exact) mass is 437 g/mol. The van der Waals surface area contributed by atoms with Crippen molar-refractivity contribution in [3.63, 3.8) is 0 Å². The van der Waals surface area contributed by atoms with Gasteiger partial charge in [-0.15, -0.1) is 0 Å². The van der Waals surface area contributed by atoms with Gasteiger partial charge >= 0.3 is 5.97 Å². The molecule has 164 valence electrons. The van der Waals surface area contributed by atoms with Crippen LogP contribution in [0.25, 0.3) is 5.70 Å². The molecule has 1 aliphatic heterocycles. The van der Waals surface area contributed by atoms with Gasteiger partial charge in [-0.1, -0.05) is 72.8 Å². The molecule has 0 radical (unpaired) electrons. The largest absolute Gasteiger partial charge is 0.489 e. The Bertz CT molecular complexity index is 1320. The quantitative estimate of drug-likeness (QED) is 0.569. The first-order valence-corrected chi connectivity index (χ1v) is 10.8. The van der Waals surface area contributed by atoms with E-state index >= 15 is 0 Å². The molecule has 1 atom stereocenters. The van der Waals surface area contributed by atoms with Crippen LogP contribution < -0.4 is 10.1 Å².